The first-order chi connectivity index (χ1) is 8.67. The molecular weight excluding hydrogens is 232 g/mol. The van der Waals surface area contributed by atoms with Gasteiger partial charge in [-0.15, -0.1) is 0 Å². The van der Waals surface area contributed by atoms with Crippen LogP contribution in [0, 0.1) is 0 Å². The van der Waals surface area contributed by atoms with Crippen molar-refractivity contribution < 1.29 is 0 Å². The molecule has 0 saturated heterocycles. The smallest absolute Gasteiger partial charge is 0.222 e. The molecule has 0 aromatic carbocycles. The number of imidazole rings is 1. The van der Waals surface area contributed by atoms with Crippen LogP contribution >= 0.6 is 0 Å². The Bertz CT molecular complexity index is 710. The number of anilines is 2. The summed E-state index contributed by atoms with van der Waals surface area (Å²) in [7, 11) is 0. The summed E-state index contributed by atoms with van der Waals surface area (Å²) in [5.74, 6) is 0.458. The van der Waals surface area contributed by atoms with Gasteiger partial charge < -0.3 is 16.5 Å². The monoisotopic (exact) mass is 244 g/mol. The summed E-state index contributed by atoms with van der Waals surface area (Å²) in [5, 5.41) is 4.20. The number of nitrogen functional groups attached to an aromatic ring is 2. The fourth-order valence-corrected chi connectivity index (χ4v) is 1.79. The highest BCUT2D eigenvalue weighted by Gasteiger charge is 2.13. The number of aromatic amines is 1. The number of hydrogen-bond donors (Lipinski definition) is 3. The molecule has 0 spiro atoms. The van der Waals surface area contributed by atoms with Crippen molar-refractivity contribution in [1.29, 1.82) is 0 Å². The molecule has 3 aromatic heterocycles. The van der Waals surface area contributed by atoms with Crippen LogP contribution in [0.1, 0.15) is 6.92 Å². The second-order valence-corrected chi connectivity index (χ2v) is 3.83. The van der Waals surface area contributed by atoms with Gasteiger partial charge in [0.1, 0.15) is 11.2 Å². The molecule has 92 valence electrons. The Morgan fingerprint density at radius 1 is 1.28 bits per heavy atom. The first-order valence-electron chi connectivity index (χ1n) is 5.49. The van der Waals surface area contributed by atoms with Crippen molar-refractivity contribution in [2.45, 2.75) is 13.5 Å². The molecule has 0 aliphatic rings. The minimum atomic E-state index is 0.172. The van der Waals surface area contributed by atoms with E-state index in [-0.39, 0.29) is 11.9 Å². The summed E-state index contributed by atoms with van der Waals surface area (Å²) >= 11 is 0. The van der Waals surface area contributed by atoms with Crippen molar-refractivity contribution in [3.63, 3.8) is 0 Å². The molecule has 5 N–H and O–H groups in total. The first-order valence-corrected chi connectivity index (χ1v) is 5.49. The van der Waals surface area contributed by atoms with E-state index in [0.29, 0.717) is 16.9 Å². The van der Waals surface area contributed by atoms with E-state index in [9.17, 15) is 0 Å². The number of aromatic nitrogens is 6. The SMILES string of the molecule is CCn1cc(-c2nc(N)nc3[nH]c(N)nc23)cn1. The van der Waals surface area contributed by atoms with Crippen LogP contribution in [0.25, 0.3) is 22.4 Å². The lowest BCUT2D eigenvalue weighted by molar-refractivity contribution is 0.660. The molecule has 3 heterocycles. The van der Waals surface area contributed by atoms with Gasteiger partial charge in [-0.3, -0.25) is 4.68 Å². The van der Waals surface area contributed by atoms with E-state index in [2.05, 4.69) is 25.0 Å². The number of nitrogens with two attached hydrogens (primary N) is 2. The summed E-state index contributed by atoms with van der Waals surface area (Å²) < 4.78 is 1.80. The van der Waals surface area contributed by atoms with Crippen LogP contribution in [0.5, 0.6) is 0 Å². The molecular formula is C10H12N8. The van der Waals surface area contributed by atoms with Crippen molar-refractivity contribution in [3.05, 3.63) is 12.4 Å². The maximum atomic E-state index is 5.67. The molecule has 0 radical (unpaired) electrons. The number of nitrogens with one attached hydrogen (secondary N) is 1. The van der Waals surface area contributed by atoms with Crippen LogP contribution in [0.15, 0.2) is 12.4 Å². The van der Waals surface area contributed by atoms with Crippen LogP contribution < -0.4 is 11.5 Å². The average molecular weight is 244 g/mol. The highest BCUT2D eigenvalue weighted by atomic mass is 15.3. The van der Waals surface area contributed by atoms with E-state index < -0.39 is 0 Å². The largest absolute Gasteiger partial charge is 0.369 e. The normalized spacial score (nSPS) is 11.2. The van der Waals surface area contributed by atoms with Crippen molar-refractivity contribution in [1.82, 2.24) is 29.7 Å². The van der Waals surface area contributed by atoms with Crippen molar-refractivity contribution in [3.8, 4) is 11.3 Å². The predicted octanol–water partition coefficient (Wildman–Crippen LogP) is 0.401. The van der Waals surface area contributed by atoms with Crippen LogP contribution in [0.3, 0.4) is 0 Å². The van der Waals surface area contributed by atoms with Gasteiger partial charge >= 0.3 is 0 Å². The van der Waals surface area contributed by atoms with Crippen molar-refractivity contribution in [2.75, 3.05) is 11.5 Å². The van der Waals surface area contributed by atoms with Crippen LogP contribution in [-0.2, 0) is 6.54 Å². The third kappa shape index (κ3) is 1.54. The van der Waals surface area contributed by atoms with Gasteiger partial charge in [0.15, 0.2) is 11.6 Å². The third-order valence-corrected chi connectivity index (χ3v) is 2.61. The Morgan fingerprint density at radius 3 is 2.83 bits per heavy atom. The highest BCUT2D eigenvalue weighted by Crippen LogP contribution is 2.25. The molecule has 8 heteroatoms. The molecule has 3 aromatic rings. The maximum Gasteiger partial charge on any atom is 0.222 e. The summed E-state index contributed by atoms with van der Waals surface area (Å²) in [4.78, 5) is 15.3. The van der Waals surface area contributed by atoms with E-state index in [1.165, 1.54) is 0 Å². The average Bonchev–Trinajstić information content (AvgIpc) is 2.93. The lowest BCUT2D eigenvalue weighted by Crippen LogP contribution is -1.97. The second-order valence-electron chi connectivity index (χ2n) is 3.83. The Hall–Kier alpha value is -2.64. The molecule has 0 fully saturated rings. The van der Waals surface area contributed by atoms with Crippen molar-refractivity contribution in [2.24, 2.45) is 0 Å². The minimum absolute atomic E-state index is 0.172. The predicted molar refractivity (Wildman–Crippen MR) is 67.4 cm³/mol. The topological polar surface area (TPSA) is 124 Å². The molecule has 3 rings (SSSR count). The van der Waals surface area contributed by atoms with Gasteiger partial charge in [-0.05, 0) is 6.92 Å². The second kappa shape index (κ2) is 3.69. The van der Waals surface area contributed by atoms with Gasteiger partial charge in [0.2, 0.25) is 5.95 Å². The zero-order chi connectivity index (χ0) is 12.7. The van der Waals surface area contributed by atoms with Crippen molar-refractivity contribution >= 4 is 23.1 Å². The van der Waals surface area contributed by atoms with Gasteiger partial charge in [-0.1, -0.05) is 0 Å². The molecule has 0 aliphatic carbocycles. The van der Waals surface area contributed by atoms with E-state index in [1.54, 1.807) is 10.9 Å². The van der Waals surface area contributed by atoms with Gasteiger partial charge in [-0.25, -0.2) is 9.97 Å². The van der Waals surface area contributed by atoms with E-state index >= 15 is 0 Å². The first kappa shape index (κ1) is 10.5. The molecule has 0 aliphatic heterocycles. The number of fused-ring (bicyclic) bond motifs is 1. The lowest BCUT2D eigenvalue weighted by atomic mass is 10.2. The van der Waals surface area contributed by atoms with Gasteiger partial charge in [0.25, 0.3) is 0 Å². The molecule has 8 nitrogen and oxygen atoms in total. The quantitative estimate of drug-likeness (QED) is 0.599. The zero-order valence-corrected chi connectivity index (χ0v) is 9.75. The number of rotatable bonds is 2. The summed E-state index contributed by atoms with van der Waals surface area (Å²) in [6, 6.07) is 0. The van der Waals surface area contributed by atoms with Crippen LogP contribution in [-0.4, -0.2) is 29.7 Å². The lowest BCUT2D eigenvalue weighted by Gasteiger charge is -1.99. The highest BCUT2D eigenvalue weighted by molar-refractivity contribution is 5.88. The molecule has 0 saturated carbocycles. The minimum Gasteiger partial charge on any atom is -0.369 e. The number of aryl methyl sites for hydroxylation is 1. The molecule has 0 amide bonds. The molecule has 18 heavy (non-hydrogen) atoms. The molecule has 0 bridgehead atoms. The Balaban J connectivity index is 2.26. The standard InChI is InChI=1S/C10H12N8/c1-2-18-4-5(3-13-18)6-7-8(16-9(11)14-6)17-10(12)15-7/h3-4H,2H2,1H3,(H5,11,12,14,15,16,17). The van der Waals surface area contributed by atoms with Gasteiger partial charge in [0.05, 0.1) is 6.20 Å². The Kier molecular flexibility index (Phi) is 2.15. The van der Waals surface area contributed by atoms with Crippen LogP contribution in [0.4, 0.5) is 11.9 Å². The maximum absolute atomic E-state index is 5.67. The van der Waals surface area contributed by atoms with E-state index in [1.807, 2.05) is 13.1 Å². The number of H-pyrrole nitrogens is 1. The summed E-state index contributed by atoms with van der Waals surface area (Å²) in [5.41, 5.74) is 13.9. The fraction of sp³-hybridized carbons (Fsp3) is 0.200. The van der Waals surface area contributed by atoms with Gasteiger partial charge in [0, 0.05) is 18.3 Å². The van der Waals surface area contributed by atoms with Crippen LogP contribution in [0.2, 0.25) is 0 Å². The number of nitrogens with zero attached hydrogens (tertiary/aromatic N) is 5. The van der Waals surface area contributed by atoms with Gasteiger partial charge in [-0.2, -0.15) is 10.1 Å². The molecule has 0 unspecified atom stereocenters. The van der Waals surface area contributed by atoms with E-state index in [4.69, 9.17) is 11.5 Å². The number of hydrogen-bond acceptors (Lipinski definition) is 6. The third-order valence-electron chi connectivity index (χ3n) is 2.61. The molecule has 0 atom stereocenters. The zero-order valence-electron chi connectivity index (χ0n) is 9.75. The summed E-state index contributed by atoms with van der Waals surface area (Å²) in [6.07, 6.45) is 3.60. The summed E-state index contributed by atoms with van der Waals surface area (Å²) in [6.45, 7) is 2.79. The fourth-order valence-electron chi connectivity index (χ4n) is 1.79. The van der Waals surface area contributed by atoms with E-state index in [0.717, 1.165) is 12.1 Å². The Morgan fingerprint density at radius 2 is 2.11 bits per heavy atom. The Labute approximate surface area is 102 Å².